The summed E-state index contributed by atoms with van der Waals surface area (Å²) in [5, 5.41) is 15.1. The minimum Gasteiger partial charge on any atom is -0.497 e. The summed E-state index contributed by atoms with van der Waals surface area (Å²) < 4.78 is 5.22. The van der Waals surface area contributed by atoms with Crippen LogP contribution in [0, 0.1) is 5.41 Å². The van der Waals surface area contributed by atoms with Crippen molar-refractivity contribution in [2.45, 2.75) is 33.4 Å². The maximum absolute atomic E-state index is 12.3. The van der Waals surface area contributed by atoms with Crippen LogP contribution in [-0.2, 0) is 6.54 Å². The molecule has 7 nitrogen and oxygen atoms in total. The minimum absolute atomic E-state index is 0.150. The normalized spacial score (nSPS) is 10.7. The van der Waals surface area contributed by atoms with Crippen LogP contribution in [0.5, 0.6) is 5.75 Å². The molecule has 0 aliphatic heterocycles. The van der Waals surface area contributed by atoms with E-state index in [-0.39, 0.29) is 11.6 Å². The van der Waals surface area contributed by atoms with Crippen molar-refractivity contribution in [3.8, 4) is 17.0 Å². The third-order valence-corrected chi connectivity index (χ3v) is 4.54. The average molecular weight is 406 g/mol. The Bertz CT molecular complexity index is 1090. The number of hydrogen-bond acceptors (Lipinski definition) is 6. The largest absolute Gasteiger partial charge is 0.497 e. The lowest BCUT2D eigenvalue weighted by Crippen LogP contribution is -2.18. The smallest absolute Gasteiger partial charge is 0.257 e. The van der Waals surface area contributed by atoms with Gasteiger partial charge in [-0.25, -0.2) is 4.98 Å². The molecule has 1 aromatic carbocycles. The van der Waals surface area contributed by atoms with Crippen molar-refractivity contribution >= 4 is 17.1 Å². The average Bonchev–Trinajstić information content (AvgIpc) is 2.73. The molecule has 2 aromatic heterocycles. The molecule has 0 fully saturated rings. The maximum atomic E-state index is 12.3. The van der Waals surface area contributed by atoms with E-state index < -0.39 is 0 Å². The Morgan fingerprint density at radius 1 is 1.23 bits per heavy atom. The molecule has 30 heavy (non-hydrogen) atoms. The molecular formula is C23H27N5O2. The summed E-state index contributed by atoms with van der Waals surface area (Å²) in [5.41, 5.74) is 4.21. The third kappa shape index (κ3) is 4.86. The van der Waals surface area contributed by atoms with Crippen LogP contribution in [0.3, 0.4) is 0 Å². The number of H-pyrrole nitrogens is 1. The first-order valence-corrected chi connectivity index (χ1v) is 9.81. The lowest BCUT2D eigenvalue weighted by atomic mass is 10.1. The first-order chi connectivity index (χ1) is 14.4. The summed E-state index contributed by atoms with van der Waals surface area (Å²) in [6.07, 6.45) is 1.59. The molecule has 0 radical (unpaired) electrons. The molecule has 3 aromatic rings. The zero-order valence-corrected chi connectivity index (χ0v) is 17.7. The van der Waals surface area contributed by atoms with Gasteiger partial charge in [0.05, 0.1) is 35.5 Å². The van der Waals surface area contributed by atoms with E-state index in [2.05, 4.69) is 20.6 Å². The van der Waals surface area contributed by atoms with Crippen molar-refractivity contribution in [1.82, 2.24) is 9.97 Å². The van der Waals surface area contributed by atoms with Crippen LogP contribution in [0.2, 0.25) is 0 Å². The predicted octanol–water partition coefficient (Wildman–Crippen LogP) is 4.27. The molecule has 0 saturated carbocycles. The van der Waals surface area contributed by atoms with E-state index in [0.29, 0.717) is 29.2 Å². The molecule has 3 rings (SSSR count). The first kappa shape index (κ1) is 21.1. The highest BCUT2D eigenvalue weighted by atomic mass is 16.5. The highest BCUT2D eigenvalue weighted by Crippen LogP contribution is 2.31. The summed E-state index contributed by atoms with van der Waals surface area (Å²) in [5.74, 6) is 0.803. The van der Waals surface area contributed by atoms with Crippen LogP contribution < -0.4 is 20.9 Å². The summed E-state index contributed by atoms with van der Waals surface area (Å²) >= 11 is 0. The fourth-order valence-electron chi connectivity index (χ4n) is 3.09. The molecule has 0 unspecified atom stereocenters. The van der Waals surface area contributed by atoms with Gasteiger partial charge in [-0.15, -0.1) is 0 Å². The third-order valence-electron chi connectivity index (χ3n) is 4.54. The van der Waals surface area contributed by atoms with Crippen molar-refractivity contribution in [3.63, 3.8) is 0 Å². The molecule has 0 aliphatic rings. The Morgan fingerprint density at radius 3 is 2.57 bits per heavy atom. The van der Waals surface area contributed by atoms with E-state index in [4.69, 9.17) is 10.1 Å². The number of aromatic nitrogens is 2. The number of methoxy groups -OCH3 is 1. The standard InChI is InChI=1S/C23H27N5O2/c1-14(2)27-22-20(26-13-16-7-9-17(30-4)10-8-16)12-19(28-21(22)15(3)24)18-6-5-11-25-23(18)29/h5-12,14,24,27H,13H2,1-4H3,(H,25,29)(H,26,28). The highest BCUT2D eigenvalue weighted by molar-refractivity contribution is 6.03. The highest BCUT2D eigenvalue weighted by Gasteiger charge is 2.17. The van der Waals surface area contributed by atoms with Gasteiger partial charge in [0.25, 0.3) is 5.56 Å². The number of aromatic amines is 1. The van der Waals surface area contributed by atoms with E-state index in [0.717, 1.165) is 22.7 Å². The molecule has 0 saturated heterocycles. The molecule has 2 heterocycles. The van der Waals surface area contributed by atoms with Crippen molar-refractivity contribution in [2.75, 3.05) is 17.7 Å². The molecule has 4 N–H and O–H groups in total. The second-order valence-corrected chi connectivity index (χ2v) is 7.32. The second kappa shape index (κ2) is 9.26. The summed E-state index contributed by atoms with van der Waals surface area (Å²) in [6.45, 7) is 6.33. The molecule has 0 atom stereocenters. The summed E-state index contributed by atoms with van der Waals surface area (Å²) in [7, 11) is 1.64. The zero-order valence-electron chi connectivity index (χ0n) is 17.7. The van der Waals surface area contributed by atoms with E-state index in [9.17, 15) is 4.79 Å². The van der Waals surface area contributed by atoms with Gasteiger partial charge in [-0.3, -0.25) is 4.79 Å². The van der Waals surface area contributed by atoms with E-state index in [1.807, 2.05) is 44.2 Å². The van der Waals surface area contributed by atoms with Crippen molar-refractivity contribution in [3.05, 3.63) is 70.3 Å². The van der Waals surface area contributed by atoms with Crippen molar-refractivity contribution in [1.29, 1.82) is 5.41 Å². The Kier molecular flexibility index (Phi) is 6.51. The minimum atomic E-state index is -0.218. The van der Waals surface area contributed by atoms with Crippen molar-refractivity contribution in [2.24, 2.45) is 0 Å². The Hall–Kier alpha value is -3.61. The Balaban J connectivity index is 2.05. The van der Waals surface area contributed by atoms with Gasteiger partial charge in [0.15, 0.2) is 0 Å². The van der Waals surface area contributed by atoms with Crippen LogP contribution in [0.1, 0.15) is 32.0 Å². The number of nitrogens with zero attached hydrogens (tertiary/aromatic N) is 1. The van der Waals surface area contributed by atoms with Crippen LogP contribution in [0.15, 0.2) is 53.5 Å². The summed E-state index contributed by atoms with van der Waals surface area (Å²) in [4.78, 5) is 19.6. The zero-order chi connectivity index (χ0) is 21.7. The van der Waals surface area contributed by atoms with Crippen LogP contribution >= 0.6 is 0 Å². The van der Waals surface area contributed by atoms with Crippen molar-refractivity contribution < 1.29 is 4.74 Å². The number of ether oxygens (including phenoxy) is 1. The van der Waals surface area contributed by atoms with E-state index in [1.165, 1.54) is 0 Å². The van der Waals surface area contributed by atoms with Crippen LogP contribution in [0.4, 0.5) is 11.4 Å². The molecular weight excluding hydrogens is 378 g/mol. The van der Waals surface area contributed by atoms with Crippen LogP contribution in [-0.4, -0.2) is 28.8 Å². The Morgan fingerprint density at radius 2 is 1.97 bits per heavy atom. The van der Waals surface area contributed by atoms with Gasteiger partial charge in [-0.1, -0.05) is 12.1 Å². The predicted molar refractivity (Wildman–Crippen MR) is 122 cm³/mol. The lowest BCUT2D eigenvalue weighted by molar-refractivity contribution is 0.414. The maximum Gasteiger partial charge on any atom is 0.257 e. The summed E-state index contributed by atoms with van der Waals surface area (Å²) in [6, 6.07) is 13.3. The molecule has 156 valence electrons. The van der Waals surface area contributed by atoms with Gasteiger partial charge < -0.3 is 25.8 Å². The second-order valence-electron chi connectivity index (χ2n) is 7.32. The fourth-order valence-corrected chi connectivity index (χ4v) is 3.09. The number of nitrogens with one attached hydrogen (secondary N) is 4. The molecule has 0 aliphatic carbocycles. The van der Waals surface area contributed by atoms with Gasteiger partial charge in [0.1, 0.15) is 11.4 Å². The molecule has 0 amide bonds. The number of benzene rings is 1. The Labute approximate surface area is 176 Å². The molecule has 0 spiro atoms. The quantitative estimate of drug-likeness (QED) is 0.419. The van der Waals surface area contributed by atoms with Gasteiger partial charge in [0.2, 0.25) is 0 Å². The number of pyridine rings is 2. The first-order valence-electron chi connectivity index (χ1n) is 9.81. The van der Waals surface area contributed by atoms with Gasteiger partial charge >= 0.3 is 0 Å². The SMILES string of the molecule is COc1ccc(CNc2cc(-c3ccc[nH]c3=O)nc(C(C)=N)c2NC(C)C)cc1. The van der Waals surface area contributed by atoms with Gasteiger partial charge in [-0.2, -0.15) is 0 Å². The topological polar surface area (TPSA) is 103 Å². The van der Waals surface area contributed by atoms with E-state index >= 15 is 0 Å². The molecule has 0 bridgehead atoms. The van der Waals surface area contributed by atoms with E-state index in [1.54, 1.807) is 32.4 Å². The number of hydrogen-bond donors (Lipinski definition) is 4. The monoisotopic (exact) mass is 405 g/mol. The molecule has 7 heteroatoms. The van der Waals surface area contributed by atoms with Crippen LogP contribution in [0.25, 0.3) is 11.3 Å². The lowest BCUT2D eigenvalue weighted by Gasteiger charge is -2.20. The number of rotatable bonds is 8. The van der Waals surface area contributed by atoms with Gasteiger partial charge in [-0.05, 0) is 56.7 Å². The fraction of sp³-hybridized carbons (Fsp3) is 0.261. The van der Waals surface area contributed by atoms with Gasteiger partial charge in [0, 0.05) is 18.8 Å². The number of anilines is 2.